The van der Waals surface area contributed by atoms with E-state index in [1.54, 1.807) is 24.3 Å². The van der Waals surface area contributed by atoms with Gasteiger partial charge in [-0.1, -0.05) is 59.1 Å². The number of benzene rings is 3. The Labute approximate surface area is 227 Å². The van der Waals surface area contributed by atoms with E-state index >= 15 is 0 Å². The average Bonchev–Trinajstić information content (AvgIpc) is 3.39. The Morgan fingerprint density at radius 3 is 2.29 bits per heavy atom. The van der Waals surface area contributed by atoms with Crippen LogP contribution in [0, 0.1) is 0 Å². The van der Waals surface area contributed by atoms with Gasteiger partial charge < -0.3 is 9.47 Å². The van der Waals surface area contributed by atoms with Gasteiger partial charge in [0.2, 0.25) is 0 Å². The first-order chi connectivity index (χ1) is 17.0. The molecule has 5 nitrogen and oxygen atoms in total. The summed E-state index contributed by atoms with van der Waals surface area (Å²) < 4.78 is 11.8. The molecule has 1 aliphatic rings. The van der Waals surface area contributed by atoms with Gasteiger partial charge in [0.05, 0.1) is 20.8 Å². The minimum Gasteiger partial charge on any atom is -0.486 e. The number of hydrogen-bond acceptors (Lipinski definition) is 6. The van der Waals surface area contributed by atoms with E-state index in [0.29, 0.717) is 43.3 Å². The highest BCUT2D eigenvalue weighted by Crippen LogP contribution is 2.45. The van der Waals surface area contributed by atoms with Crippen LogP contribution in [0.25, 0.3) is 0 Å². The summed E-state index contributed by atoms with van der Waals surface area (Å²) in [6.07, 6.45) is 1.45. The van der Waals surface area contributed by atoms with Crippen LogP contribution in [0.4, 0.5) is 0 Å². The Morgan fingerprint density at radius 2 is 1.63 bits per heavy atom. The summed E-state index contributed by atoms with van der Waals surface area (Å²) in [5, 5.41) is 5.27. The van der Waals surface area contributed by atoms with Crippen LogP contribution in [0.5, 0.6) is 11.5 Å². The van der Waals surface area contributed by atoms with E-state index in [1.165, 1.54) is 23.3 Å². The smallest absolute Gasteiger partial charge is 0.277 e. The Morgan fingerprint density at radius 1 is 0.971 bits per heavy atom. The van der Waals surface area contributed by atoms with E-state index in [-0.39, 0.29) is 12.5 Å². The average molecular weight is 568 g/mol. The fraction of sp³-hybridized carbons (Fsp3) is 0.200. The molecule has 182 valence electrons. The summed E-state index contributed by atoms with van der Waals surface area (Å²) >= 11 is 22.5. The van der Waals surface area contributed by atoms with Gasteiger partial charge in [0.15, 0.2) is 12.4 Å². The number of hydrazone groups is 1. The first kappa shape index (κ1) is 26.0. The summed E-state index contributed by atoms with van der Waals surface area (Å²) in [6, 6.07) is 18.4. The molecule has 0 atom stereocenters. The molecule has 0 bridgehead atoms. The van der Waals surface area contributed by atoms with Crippen LogP contribution < -0.4 is 14.9 Å². The summed E-state index contributed by atoms with van der Waals surface area (Å²) in [4.78, 5) is 12.1. The number of nitrogens with one attached hydrogen (secondary N) is 1. The topological polar surface area (TPSA) is 59.9 Å². The van der Waals surface area contributed by atoms with Crippen LogP contribution in [-0.4, -0.2) is 30.2 Å². The number of rotatable bonds is 9. The molecule has 0 unspecified atom stereocenters. The quantitative estimate of drug-likeness (QED) is 0.218. The number of halogens is 3. The second-order valence-corrected chi connectivity index (χ2v) is 11.4. The van der Waals surface area contributed by atoms with E-state index in [0.717, 1.165) is 5.56 Å². The minimum absolute atomic E-state index is 0.150. The summed E-state index contributed by atoms with van der Waals surface area (Å²) in [5.74, 6) is 2.97. The maximum absolute atomic E-state index is 12.1. The molecule has 0 spiro atoms. The molecule has 35 heavy (non-hydrogen) atoms. The normalized spacial score (nSPS) is 13.8. The lowest BCUT2D eigenvalue weighted by atomic mass is 10.2. The number of nitrogens with zero attached hydrogens (tertiary/aromatic N) is 1. The predicted octanol–water partition coefficient (Wildman–Crippen LogP) is 7.23. The third kappa shape index (κ3) is 7.72. The molecule has 3 aromatic rings. The highest BCUT2D eigenvalue weighted by atomic mass is 35.5. The molecule has 1 fully saturated rings. The van der Waals surface area contributed by atoms with E-state index in [4.69, 9.17) is 44.3 Å². The molecule has 3 aromatic carbocycles. The van der Waals surface area contributed by atoms with Crippen LogP contribution >= 0.6 is 58.3 Å². The van der Waals surface area contributed by atoms with Crippen LogP contribution in [-0.2, 0) is 11.4 Å². The van der Waals surface area contributed by atoms with Crippen LogP contribution in [0.1, 0.15) is 21.3 Å². The third-order valence-electron chi connectivity index (χ3n) is 4.86. The Kier molecular flexibility index (Phi) is 9.52. The molecule has 0 aromatic heterocycles. The molecule has 1 saturated heterocycles. The second-order valence-electron chi connectivity index (χ2n) is 7.45. The van der Waals surface area contributed by atoms with Gasteiger partial charge in [-0.3, -0.25) is 4.79 Å². The number of carbonyl (C=O) groups is 1. The van der Waals surface area contributed by atoms with Gasteiger partial charge in [-0.05, 0) is 53.1 Å². The monoisotopic (exact) mass is 566 g/mol. The molecule has 1 amide bonds. The van der Waals surface area contributed by atoms with Gasteiger partial charge >= 0.3 is 0 Å². The van der Waals surface area contributed by atoms with Crippen molar-refractivity contribution in [1.82, 2.24) is 5.43 Å². The molecule has 10 heteroatoms. The van der Waals surface area contributed by atoms with Crippen molar-refractivity contribution in [1.29, 1.82) is 0 Å². The standard InChI is InChI=1S/C25H21Cl3N2O3S2/c26-19-5-1-16(2-6-19)14-33-24-21(27)11-17(12-22(24)28)13-29-30-23(31)15-32-20-7-3-18(4-8-20)25-34-9-10-35-25/h1-8,11-13,25H,9-10,14-15H2,(H,30,31)/b29-13-. The SMILES string of the molecule is O=C(COc1ccc(C2SCCS2)cc1)N/N=C\c1cc(Cl)c(OCc2ccc(Cl)cc2)c(Cl)c1. The lowest BCUT2D eigenvalue weighted by Crippen LogP contribution is -2.24. The first-order valence-corrected chi connectivity index (χ1v) is 13.9. The largest absolute Gasteiger partial charge is 0.486 e. The zero-order valence-electron chi connectivity index (χ0n) is 18.4. The summed E-state index contributed by atoms with van der Waals surface area (Å²) in [6.45, 7) is 0.143. The fourth-order valence-electron chi connectivity index (χ4n) is 3.16. The Hall–Kier alpha value is -2.03. The van der Waals surface area contributed by atoms with Gasteiger partial charge in [-0.25, -0.2) is 5.43 Å². The van der Waals surface area contributed by atoms with Crippen molar-refractivity contribution in [3.05, 3.63) is 92.4 Å². The van der Waals surface area contributed by atoms with Gasteiger partial charge in [-0.15, -0.1) is 23.5 Å². The van der Waals surface area contributed by atoms with Crippen LogP contribution in [0.3, 0.4) is 0 Å². The molecular formula is C25H21Cl3N2O3S2. The van der Waals surface area contributed by atoms with Crippen LogP contribution in [0.15, 0.2) is 65.8 Å². The van der Waals surface area contributed by atoms with E-state index in [1.807, 2.05) is 59.9 Å². The minimum atomic E-state index is -0.382. The van der Waals surface area contributed by atoms with Gasteiger partial charge in [-0.2, -0.15) is 5.10 Å². The number of ether oxygens (including phenoxy) is 2. The van der Waals surface area contributed by atoms with E-state index in [9.17, 15) is 4.79 Å². The first-order valence-electron chi connectivity index (χ1n) is 10.6. The molecule has 1 heterocycles. The maximum atomic E-state index is 12.1. The fourth-order valence-corrected chi connectivity index (χ4v) is 6.76. The van der Waals surface area contributed by atoms with Gasteiger partial charge in [0.25, 0.3) is 5.91 Å². The molecule has 0 aliphatic carbocycles. The molecule has 1 aliphatic heterocycles. The Balaban J connectivity index is 1.25. The zero-order valence-corrected chi connectivity index (χ0v) is 22.3. The molecular weight excluding hydrogens is 547 g/mol. The number of amides is 1. The molecule has 4 rings (SSSR count). The lowest BCUT2D eigenvalue weighted by Gasteiger charge is -2.11. The highest BCUT2D eigenvalue weighted by Gasteiger charge is 2.18. The van der Waals surface area contributed by atoms with Crippen molar-refractivity contribution in [2.24, 2.45) is 5.10 Å². The van der Waals surface area contributed by atoms with Crippen molar-refractivity contribution in [3.8, 4) is 11.5 Å². The number of carbonyl (C=O) groups excluding carboxylic acids is 1. The molecule has 1 N–H and O–H groups in total. The Bertz CT molecular complexity index is 1160. The van der Waals surface area contributed by atoms with Crippen molar-refractivity contribution in [2.75, 3.05) is 18.1 Å². The zero-order chi connectivity index (χ0) is 24.6. The van der Waals surface area contributed by atoms with E-state index in [2.05, 4.69) is 10.5 Å². The predicted molar refractivity (Wildman–Crippen MR) is 148 cm³/mol. The van der Waals surface area contributed by atoms with Gasteiger partial charge in [0, 0.05) is 16.5 Å². The molecule has 0 saturated carbocycles. The lowest BCUT2D eigenvalue weighted by molar-refractivity contribution is -0.123. The number of hydrogen-bond donors (Lipinski definition) is 1. The van der Waals surface area contributed by atoms with Crippen molar-refractivity contribution < 1.29 is 14.3 Å². The molecule has 0 radical (unpaired) electrons. The van der Waals surface area contributed by atoms with Crippen molar-refractivity contribution >= 4 is 70.4 Å². The number of thioether (sulfide) groups is 2. The summed E-state index contributed by atoms with van der Waals surface area (Å²) in [5.41, 5.74) is 5.23. The van der Waals surface area contributed by atoms with Gasteiger partial charge in [0.1, 0.15) is 12.4 Å². The van der Waals surface area contributed by atoms with E-state index < -0.39 is 0 Å². The highest BCUT2D eigenvalue weighted by molar-refractivity contribution is 8.19. The van der Waals surface area contributed by atoms with Crippen molar-refractivity contribution in [3.63, 3.8) is 0 Å². The summed E-state index contributed by atoms with van der Waals surface area (Å²) in [7, 11) is 0. The van der Waals surface area contributed by atoms with Crippen LogP contribution in [0.2, 0.25) is 15.1 Å². The third-order valence-corrected chi connectivity index (χ3v) is 8.78. The van der Waals surface area contributed by atoms with Crippen molar-refractivity contribution in [2.45, 2.75) is 11.2 Å². The maximum Gasteiger partial charge on any atom is 0.277 e. The second kappa shape index (κ2) is 12.8.